The Kier molecular flexibility index (Phi) is 7.86. The molecule has 4 amide bonds. The minimum absolute atomic E-state index is 0.0110. The van der Waals surface area contributed by atoms with E-state index in [-0.39, 0.29) is 29.1 Å². The highest BCUT2D eigenvalue weighted by molar-refractivity contribution is 5.89. The van der Waals surface area contributed by atoms with E-state index in [1.807, 2.05) is 12.1 Å². The van der Waals surface area contributed by atoms with Gasteiger partial charge < -0.3 is 20.4 Å². The highest BCUT2D eigenvalue weighted by Crippen LogP contribution is 2.63. The standard InChI is InChI=1S/C30H33F4N5O2/c1-36-27(40)38-11-8-19(9-12-38)18-39(28(41)37-23-5-6-26(31)25(15-23)30(32,33)34)24-7-10-29(16-22(29)14-24)21-4-2-3-20(13-21)17-35/h2-6,13,15,19,22,24H,7-12,14,16,18H2,1H3,(H,36,40)(H,37,41)/t22?,24?,29-/m1/s1. The molecule has 0 aromatic heterocycles. The molecule has 2 saturated carbocycles. The molecule has 5 rings (SSSR count). The van der Waals surface area contributed by atoms with Crippen LogP contribution in [0.25, 0.3) is 0 Å². The lowest BCUT2D eigenvalue weighted by atomic mass is 9.79. The van der Waals surface area contributed by atoms with Gasteiger partial charge >= 0.3 is 18.2 Å². The second-order valence-electron chi connectivity index (χ2n) is 11.4. The summed E-state index contributed by atoms with van der Waals surface area (Å²) in [5, 5.41) is 14.6. The molecule has 2 aliphatic carbocycles. The van der Waals surface area contributed by atoms with Crippen molar-refractivity contribution >= 4 is 17.7 Å². The third-order valence-corrected chi connectivity index (χ3v) is 9.07. The maximum Gasteiger partial charge on any atom is 0.419 e. The summed E-state index contributed by atoms with van der Waals surface area (Å²) in [6.07, 6.45) is -0.214. The van der Waals surface area contributed by atoms with Crippen LogP contribution in [-0.2, 0) is 11.6 Å². The Labute approximate surface area is 236 Å². The SMILES string of the molecule is CNC(=O)N1CCC(CN(C(=O)Nc2ccc(F)c(C(F)(F)F)c2)C2CC[C@]3(c4cccc(C#N)c4)CC3C2)CC1. The number of hydrogen-bond donors (Lipinski definition) is 2. The topological polar surface area (TPSA) is 88.5 Å². The Hall–Kier alpha value is -3.81. The van der Waals surface area contributed by atoms with Gasteiger partial charge in [0.05, 0.1) is 17.2 Å². The van der Waals surface area contributed by atoms with Crippen LogP contribution in [0.3, 0.4) is 0 Å². The first-order valence-corrected chi connectivity index (χ1v) is 14.0. The number of nitrogens with one attached hydrogen (secondary N) is 2. The summed E-state index contributed by atoms with van der Waals surface area (Å²) < 4.78 is 53.7. The molecule has 2 aromatic rings. The van der Waals surface area contributed by atoms with Crippen LogP contribution >= 0.6 is 0 Å². The van der Waals surface area contributed by atoms with E-state index in [0.29, 0.717) is 56.1 Å². The molecule has 3 fully saturated rings. The van der Waals surface area contributed by atoms with Gasteiger partial charge in [-0.2, -0.15) is 18.4 Å². The molecule has 1 heterocycles. The number of amides is 4. The number of nitrogens with zero attached hydrogens (tertiary/aromatic N) is 3. The average Bonchev–Trinajstić information content (AvgIpc) is 3.71. The Morgan fingerprint density at radius 2 is 1.90 bits per heavy atom. The molecule has 1 saturated heterocycles. The maximum atomic E-state index is 13.9. The molecule has 0 bridgehead atoms. The zero-order chi connectivity index (χ0) is 29.4. The normalized spacial score (nSPS) is 24.1. The van der Waals surface area contributed by atoms with Gasteiger partial charge in [-0.05, 0) is 91.7 Å². The Balaban J connectivity index is 1.33. The van der Waals surface area contributed by atoms with Crippen molar-refractivity contribution in [3.05, 3.63) is 65.0 Å². The molecule has 0 radical (unpaired) electrons. The van der Waals surface area contributed by atoms with Crippen LogP contribution in [0.2, 0.25) is 0 Å². The Bertz CT molecular complexity index is 1350. The third kappa shape index (κ3) is 5.97. The maximum absolute atomic E-state index is 13.9. The van der Waals surface area contributed by atoms with E-state index in [1.54, 1.807) is 22.9 Å². The predicted octanol–water partition coefficient (Wildman–Crippen LogP) is 6.11. The molecule has 41 heavy (non-hydrogen) atoms. The van der Waals surface area contributed by atoms with Crippen LogP contribution in [0.5, 0.6) is 0 Å². The summed E-state index contributed by atoms with van der Waals surface area (Å²) in [5.74, 6) is -0.935. The van der Waals surface area contributed by atoms with Gasteiger partial charge in [0, 0.05) is 38.4 Å². The van der Waals surface area contributed by atoms with Crippen LogP contribution in [-0.4, -0.2) is 54.6 Å². The van der Waals surface area contributed by atoms with Gasteiger partial charge in [0.2, 0.25) is 0 Å². The number of nitriles is 1. The van der Waals surface area contributed by atoms with Gasteiger partial charge in [0.1, 0.15) is 5.82 Å². The number of anilines is 1. The lowest BCUT2D eigenvalue weighted by Crippen LogP contribution is -2.50. The van der Waals surface area contributed by atoms with Crippen molar-refractivity contribution in [2.75, 3.05) is 32.0 Å². The van der Waals surface area contributed by atoms with Crippen molar-refractivity contribution in [3.63, 3.8) is 0 Å². The number of benzene rings is 2. The number of rotatable bonds is 5. The number of fused-ring (bicyclic) bond motifs is 1. The van der Waals surface area contributed by atoms with Gasteiger partial charge in [-0.3, -0.25) is 0 Å². The van der Waals surface area contributed by atoms with Gasteiger partial charge in [-0.15, -0.1) is 0 Å². The summed E-state index contributed by atoms with van der Waals surface area (Å²) in [4.78, 5) is 29.1. The number of halogens is 4. The first-order valence-electron chi connectivity index (χ1n) is 14.0. The van der Waals surface area contributed by atoms with Crippen molar-refractivity contribution in [1.29, 1.82) is 5.26 Å². The van der Waals surface area contributed by atoms with Crippen molar-refractivity contribution in [1.82, 2.24) is 15.1 Å². The molecule has 3 atom stereocenters. The van der Waals surface area contributed by atoms with Crippen LogP contribution in [0, 0.1) is 29.0 Å². The highest BCUT2D eigenvalue weighted by atomic mass is 19.4. The van der Waals surface area contributed by atoms with E-state index in [4.69, 9.17) is 0 Å². The van der Waals surface area contributed by atoms with E-state index in [9.17, 15) is 32.4 Å². The zero-order valence-electron chi connectivity index (χ0n) is 22.8. The van der Waals surface area contributed by atoms with Crippen molar-refractivity contribution in [3.8, 4) is 6.07 Å². The van der Waals surface area contributed by atoms with Gasteiger partial charge in [0.15, 0.2) is 0 Å². The van der Waals surface area contributed by atoms with E-state index in [0.717, 1.165) is 37.3 Å². The number of urea groups is 2. The molecule has 2 unspecified atom stereocenters. The molecule has 1 aliphatic heterocycles. The molecule has 218 valence electrons. The average molecular weight is 572 g/mol. The first-order chi connectivity index (χ1) is 19.5. The van der Waals surface area contributed by atoms with Gasteiger partial charge in [-0.25, -0.2) is 14.0 Å². The van der Waals surface area contributed by atoms with Crippen molar-refractivity contribution in [2.45, 2.75) is 56.2 Å². The lowest BCUT2D eigenvalue weighted by molar-refractivity contribution is -0.139. The number of alkyl halides is 3. The van der Waals surface area contributed by atoms with Crippen LogP contribution < -0.4 is 10.6 Å². The van der Waals surface area contributed by atoms with Crippen LogP contribution in [0.15, 0.2) is 42.5 Å². The fourth-order valence-corrected chi connectivity index (χ4v) is 6.71. The minimum atomic E-state index is -4.88. The number of carbonyl (C=O) groups is 2. The summed E-state index contributed by atoms with van der Waals surface area (Å²) in [6.45, 7) is 1.52. The molecule has 7 nitrogen and oxygen atoms in total. The number of hydrogen-bond acceptors (Lipinski definition) is 3. The predicted molar refractivity (Wildman–Crippen MR) is 144 cm³/mol. The molecule has 0 spiro atoms. The third-order valence-electron chi connectivity index (χ3n) is 9.07. The second kappa shape index (κ2) is 11.2. The van der Waals surface area contributed by atoms with E-state index in [2.05, 4.69) is 22.8 Å². The van der Waals surface area contributed by atoms with Crippen molar-refractivity contribution < 1.29 is 27.2 Å². The Morgan fingerprint density at radius 1 is 1.15 bits per heavy atom. The lowest BCUT2D eigenvalue weighted by Gasteiger charge is -2.40. The molecule has 2 aromatic carbocycles. The zero-order valence-corrected chi connectivity index (χ0v) is 22.8. The Morgan fingerprint density at radius 3 is 2.56 bits per heavy atom. The number of carbonyl (C=O) groups excluding carboxylic acids is 2. The molecular weight excluding hydrogens is 538 g/mol. The number of likely N-dealkylation sites (tertiary alicyclic amines) is 1. The van der Waals surface area contributed by atoms with Crippen LogP contribution in [0.1, 0.15) is 55.2 Å². The first kappa shape index (κ1) is 28.7. The molecular formula is C30H33F4N5O2. The summed E-state index contributed by atoms with van der Waals surface area (Å²) in [5.41, 5.74) is 0.203. The quantitative estimate of drug-likeness (QED) is 0.425. The highest BCUT2D eigenvalue weighted by Gasteiger charge is 2.58. The van der Waals surface area contributed by atoms with Gasteiger partial charge in [-0.1, -0.05) is 12.1 Å². The molecule has 11 heteroatoms. The fraction of sp³-hybridized carbons (Fsp3) is 0.500. The van der Waals surface area contributed by atoms with E-state index < -0.39 is 23.6 Å². The molecule has 3 aliphatic rings. The summed E-state index contributed by atoms with van der Waals surface area (Å²) in [7, 11) is 1.58. The van der Waals surface area contributed by atoms with Crippen molar-refractivity contribution in [2.24, 2.45) is 11.8 Å². The monoisotopic (exact) mass is 571 g/mol. The van der Waals surface area contributed by atoms with E-state index >= 15 is 0 Å². The minimum Gasteiger partial charge on any atom is -0.341 e. The van der Waals surface area contributed by atoms with Gasteiger partial charge in [0.25, 0.3) is 0 Å². The fourth-order valence-electron chi connectivity index (χ4n) is 6.71. The van der Waals surface area contributed by atoms with E-state index in [1.165, 1.54) is 0 Å². The largest absolute Gasteiger partial charge is 0.419 e. The smallest absolute Gasteiger partial charge is 0.341 e. The molecule has 2 N–H and O–H groups in total. The van der Waals surface area contributed by atoms with Crippen LogP contribution in [0.4, 0.5) is 32.8 Å². The second-order valence-corrected chi connectivity index (χ2v) is 11.4. The number of piperidine rings is 1. The summed E-state index contributed by atoms with van der Waals surface area (Å²) in [6, 6.07) is 11.6. The summed E-state index contributed by atoms with van der Waals surface area (Å²) >= 11 is 0.